The van der Waals surface area contributed by atoms with Gasteiger partial charge in [0.2, 0.25) is 0 Å². The first-order chi connectivity index (χ1) is 12.8. The van der Waals surface area contributed by atoms with Gasteiger partial charge < -0.3 is 14.2 Å². The molecule has 0 atom stereocenters. The van der Waals surface area contributed by atoms with Gasteiger partial charge in [0.15, 0.2) is 11.5 Å². The molecule has 0 bridgehead atoms. The highest BCUT2D eigenvalue weighted by Crippen LogP contribution is 2.49. The maximum absolute atomic E-state index is 5.80. The number of hydrogen-bond acceptors (Lipinski definition) is 3. The van der Waals surface area contributed by atoms with E-state index in [2.05, 4.69) is 30.3 Å². The number of ether oxygens (including phenoxy) is 3. The summed E-state index contributed by atoms with van der Waals surface area (Å²) in [5.41, 5.74) is 1.99. The van der Waals surface area contributed by atoms with E-state index in [9.17, 15) is 0 Å². The summed E-state index contributed by atoms with van der Waals surface area (Å²) >= 11 is 0. The number of hydrogen-bond donors (Lipinski definition) is 0. The fourth-order valence-corrected chi connectivity index (χ4v) is 3.58. The van der Waals surface area contributed by atoms with E-state index in [1.165, 1.54) is 0 Å². The van der Waals surface area contributed by atoms with E-state index in [-0.39, 0.29) is 0 Å². The summed E-state index contributed by atoms with van der Waals surface area (Å²) in [5, 5.41) is 4.45. The Kier molecular flexibility index (Phi) is 4.13. The van der Waals surface area contributed by atoms with Gasteiger partial charge in [0.05, 0.1) is 21.3 Å². The molecule has 0 amide bonds. The Balaban J connectivity index is 2.24. The molecule has 0 N–H and O–H groups in total. The normalized spacial score (nSPS) is 10.9. The molecule has 0 radical (unpaired) electrons. The molecule has 4 aromatic rings. The smallest absolute Gasteiger partial charge is 0.169 e. The van der Waals surface area contributed by atoms with Crippen LogP contribution >= 0.6 is 0 Å². The highest BCUT2D eigenvalue weighted by Gasteiger charge is 2.21. The third-order valence-corrected chi connectivity index (χ3v) is 4.75. The molecule has 0 saturated heterocycles. The van der Waals surface area contributed by atoms with E-state index in [0.717, 1.165) is 38.4 Å². The van der Waals surface area contributed by atoms with E-state index in [4.69, 9.17) is 14.2 Å². The van der Waals surface area contributed by atoms with Crippen molar-refractivity contribution >= 4 is 21.5 Å². The molecule has 4 rings (SSSR count). The van der Waals surface area contributed by atoms with E-state index in [1.54, 1.807) is 21.3 Å². The van der Waals surface area contributed by atoms with Crippen molar-refractivity contribution in [3.8, 4) is 28.4 Å². The summed E-state index contributed by atoms with van der Waals surface area (Å²) in [6, 6.07) is 22.6. The van der Waals surface area contributed by atoms with Gasteiger partial charge in [-0.2, -0.15) is 0 Å². The maximum Gasteiger partial charge on any atom is 0.169 e. The number of fused-ring (bicyclic) bond motifs is 2. The van der Waals surface area contributed by atoms with Gasteiger partial charge in [0.25, 0.3) is 0 Å². The molecule has 0 fully saturated rings. The molecular weight excluding hydrogens is 324 g/mol. The van der Waals surface area contributed by atoms with Crippen molar-refractivity contribution in [2.45, 2.75) is 0 Å². The highest BCUT2D eigenvalue weighted by molar-refractivity contribution is 6.10. The van der Waals surface area contributed by atoms with Crippen molar-refractivity contribution in [2.24, 2.45) is 0 Å². The van der Waals surface area contributed by atoms with Gasteiger partial charge in [-0.15, -0.1) is 0 Å². The number of benzene rings is 4. The molecule has 4 aromatic carbocycles. The maximum atomic E-state index is 5.80. The van der Waals surface area contributed by atoms with Crippen LogP contribution in [0, 0.1) is 0 Å². The third-order valence-electron chi connectivity index (χ3n) is 4.75. The first kappa shape index (κ1) is 16.3. The van der Waals surface area contributed by atoms with Crippen LogP contribution in [0.25, 0.3) is 32.7 Å². The van der Waals surface area contributed by atoms with E-state index >= 15 is 0 Å². The lowest BCUT2D eigenvalue weighted by molar-refractivity contribution is 0.356. The van der Waals surface area contributed by atoms with Crippen molar-refractivity contribution in [1.29, 1.82) is 0 Å². The number of rotatable bonds is 4. The first-order valence-electron chi connectivity index (χ1n) is 8.48. The average molecular weight is 344 g/mol. The molecule has 0 saturated carbocycles. The lowest BCUT2D eigenvalue weighted by atomic mass is 9.92. The van der Waals surface area contributed by atoms with Gasteiger partial charge in [0, 0.05) is 11.1 Å². The third kappa shape index (κ3) is 2.44. The predicted molar refractivity (Wildman–Crippen MR) is 107 cm³/mol. The van der Waals surface area contributed by atoms with Crippen molar-refractivity contribution in [2.75, 3.05) is 21.3 Å². The second kappa shape index (κ2) is 6.60. The first-order valence-corrected chi connectivity index (χ1v) is 8.48. The van der Waals surface area contributed by atoms with Crippen molar-refractivity contribution in [3.63, 3.8) is 0 Å². The Hall–Kier alpha value is -3.20. The zero-order chi connectivity index (χ0) is 18.1. The van der Waals surface area contributed by atoms with E-state index in [0.29, 0.717) is 11.5 Å². The zero-order valence-electron chi connectivity index (χ0n) is 15.1. The van der Waals surface area contributed by atoms with Crippen molar-refractivity contribution in [3.05, 3.63) is 66.7 Å². The summed E-state index contributed by atoms with van der Waals surface area (Å²) < 4.78 is 17.2. The van der Waals surface area contributed by atoms with Crippen LogP contribution in [0.5, 0.6) is 17.2 Å². The highest BCUT2D eigenvalue weighted by atomic mass is 16.5. The standard InChI is InChI=1S/C23H20O3/c1-24-19-13-12-15-8-4-6-10-17(15)21(19)22-18-11-7-5-9-16(18)14-20(25-2)23(22)26-3/h4-14H,1-3H3. The minimum absolute atomic E-state index is 0.705. The van der Waals surface area contributed by atoms with Crippen LogP contribution in [-0.4, -0.2) is 21.3 Å². The molecule has 0 aliphatic heterocycles. The largest absolute Gasteiger partial charge is 0.496 e. The molecule has 26 heavy (non-hydrogen) atoms. The van der Waals surface area contributed by atoms with Gasteiger partial charge >= 0.3 is 0 Å². The molecular formula is C23H20O3. The van der Waals surface area contributed by atoms with Crippen molar-refractivity contribution in [1.82, 2.24) is 0 Å². The summed E-state index contributed by atoms with van der Waals surface area (Å²) in [5.74, 6) is 2.22. The molecule has 0 aliphatic rings. The van der Waals surface area contributed by atoms with E-state index in [1.807, 2.05) is 36.4 Å². The molecule has 0 aromatic heterocycles. The minimum atomic E-state index is 0.705. The van der Waals surface area contributed by atoms with E-state index < -0.39 is 0 Å². The minimum Gasteiger partial charge on any atom is -0.496 e. The Labute approximate surface area is 152 Å². The molecule has 3 nitrogen and oxygen atoms in total. The van der Waals surface area contributed by atoms with Gasteiger partial charge in [0.1, 0.15) is 5.75 Å². The summed E-state index contributed by atoms with van der Waals surface area (Å²) in [4.78, 5) is 0. The lowest BCUT2D eigenvalue weighted by Crippen LogP contribution is -1.97. The van der Waals surface area contributed by atoms with Crippen LogP contribution in [0.15, 0.2) is 66.7 Å². The van der Waals surface area contributed by atoms with Crippen LogP contribution in [-0.2, 0) is 0 Å². The van der Waals surface area contributed by atoms with Gasteiger partial charge in [-0.1, -0.05) is 54.6 Å². The van der Waals surface area contributed by atoms with Crippen LogP contribution in [0.2, 0.25) is 0 Å². The molecule has 130 valence electrons. The van der Waals surface area contributed by atoms with Gasteiger partial charge in [-0.05, 0) is 33.7 Å². The van der Waals surface area contributed by atoms with Gasteiger partial charge in [-0.3, -0.25) is 0 Å². The zero-order valence-corrected chi connectivity index (χ0v) is 15.1. The Morgan fingerprint density at radius 2 is 1.15 bits per heavy atom. The summed E-state index contributed by atoms with van der Waals surface area (Å²) in [6.45, 7) is 0. The quantitative estimate of drug-likeness (QED) is 0.476. The summed E-state index contributed by atoms with van der Waals surface area (Å²) in [6.07, 6.45) is 0. The molecule has 0 unspecified atom stereocenters. The molecule has 0 spiro atoms. The molecule has 0 heterocycles. The Morgan fingerprint density at radius 3 is 1.81 bits per heavy atom. The fourth-order valence-electron chi connectivity index (χ4n) is 3.58. The predicted octanol–water partition coefficient (Wildman–Crippen LogP) is 5.69. The number of methoxy groups -OCH3 is 3. The van der Waals surface area contributed by atoms with Crippen LogP contribution in [0.4, 0.5) is 0 Å². The Morgan fingerprint density at radius 1 is 0.538 bits per heavy atom. The second-order valence-corrected chi connectivity index (χ2v) is 6.07. The van der Waals surface area contributed by atoms with Crippen LogP contribution in [0.1, 0.15) is 0 Å². The topological polar surface area (TPSA) is 27.7 Å². The van der Waals surface area contributed by atoms with Gasteiger partial charge in [-0.25, -0.2) is 0 Å². The Bertz CT molecular complexity index is 1100. The monoisotopic (exact) mass is 344 g/mol. The summed E-state index contributed by atoms with van der Waals surface area (Å²) in [7, 11) is 5.03. The SMILES string of the molecule is COc1cc2ccccc2c(-c2c(OC)ccc3ccccc23)c1OC. The van der Waals surface area contributed by atoms with Crippen LogP contribution < -0.4 is 14.2 Å². The fraction of sp³-hybridized carbons (Fsp3) is 0.130. The average Bonchev–Trinajstić information content (AvgIpc) is 2.71. The lowest BCUT2D eigenvalue weighted by Gasteiger charge is -2.19. The van der Waals surface area contributed by atoms with Crippen molar-refractivity contribution < 1.29 is 14.2 Å². The second-order valence-electron chi connectivity index (χ2n) is 6.07. The molecule has 0 aliphatic carbocycles. The molecule has 3 heteroatoms. The van der Waals surface area contributed by atoms with Crippen LogP contribution in [0.3, 0.4) is 0 Å².